The third-order valence-electron chi connectivity index (χ3n) is 3.22. The molecule has 1 heterocycles. The maximum Gasteiger partial charge on any atom is 0.168 e. The number of nitrogens with one attached hydrogen (secondary N) is 2. The van der Waals surface area contributed by atoms with E-state index in [1.54, 1.807) is 26.0 Å². The summed E-state index contributed by atoms with van der Waals surface area (Å²) in [6.07, 6.45) is 0. The molecule has 1 aromatic carbocycles. The van der Waals surface area contributed by atoms with Crippen molar-refractivity contribution in [3.05, 3.63) is 52.8 Å². The molecule has 6 heteroatoms. The minimum atomic E-state index is -0.800. The molecule has 0 saturated carbocycles. The minimum Gasteiger partial charge on any atom is -0.371 e. The van der Waals surface area contributed by atoms with Gasteiger partial charge in [0, 0.05) is 13.1 Å². The molecule has 1 atom stereocenters. The Balaban J connectivity index is 2.26. The van der Waals surface area contributed by atoms with Crippen molar-refractivity contribution >= 4 is 11.6 Å². The molecule has 0 radical (unpaired) electrons. The number of hydrogen-bond acceptors (Lipinski definition) is 3. The third-order valence-corrected chi connectivity index (χ3v) is 3.22. The average molecular weight is 295 g/mol. The fourth-order valence-corrected chi connectivity index (χ4v) is 1.91. The number of benzene rings is 1. The molecule has 112 valence electrons. The van der Waals surface area contributed by atoms with Gasteiger partial charge < -0.3 is 10.6 Å². The van der Waals surface area contributed by atoms with Crippen molar-refractivity contribution in [1.29, 1.82) is 0 Å². The Morgan fingerprint density at radius 2 is 1.67 bits per heavy atom. The highest BCUT2D eigenvalue weighted by Crippen LogP contribution is 2.24. The zero-order valence-corrected chi connectivity index (χ0v) is 12.0. The second-order valence-electron chi connectivity index (χ2n) is 4.77. The van der Waals surface area contributed by atoms with Crippen molar-refractivity contribution in [2.45, 2.75) is 19.9 Å². The molecule has 0 amide bonds. The summed E-state index contributed by atoms with van der Waals surface area (Å²) in [5, 5.41) is 5.36. The summed E-state index contributed by atoms with van der Waals surface area (Å²) in [4.78, 5) is 3.83. The Hall–Kier alpha value is -2.24. The summed E-state index contributed by atoms with van der Waals surface area (Å²) in [5.74, 6) is -2.04. The molecule has 1 aromatic heterocycles. The molecule has 1 unspecified atom stereocenters. The average Bonchev–Trinajstić information content (AvgIpc) is 2.44. The maximum absolute atomic E-state index is 13.7. The zero-order chi connectivity index (χ0) is 15.6. The lowest BCUT2D eigenvalue weighted by atomic mass is 10.1. The number of hydrogen-bond donors (Lipinski definition) is 2. The van der Waals surface area contributed by atoms with E-state index < -0.39 is 11.6 Å². The molecule has 0 bridgehead atoms. The Morgan fingerprint density at radius 3 is 2.29 bits per heavy atom. The van der Waals surface area contributed by atoms with Crippen molar-refractivity contribution < 1.29 is 13.2 Å². The van der Waals surface area contributed by atoms with Crippen LogP contribution in [0.15, 0.2) is 24.3 Å². The number of rotatable bonds is 4. The van der Waals surface area contributed by atoms with Gasteiger partial charge in [-0.05, 0) is 31.0 Å². The Labute approximate surface area is 121 Å². The molecule has 0 fully saturated rings. The van der Waals surface area contributed by atoms with Gasteiger partial charge in [-0.3, -0.25) is 0 Å². The van der Waals surface area contributed by atoms with Crippen molar-refractivity contribution in [3.63, 3.8) is 0 Å². The highest BCUT2D eigenvalue weighted by atomic mass is 19.1. The largest absolute Gasteiger partial charge is 0.371 e. The topological polar surface area (TPSA) is 37.0 Å². The number of aryl methyl sites for hydroxylation is 1. The molecule has 0 aliphatic carbocycles. The highest BCUT2D eigenvalue weighted by molar-refractivity contribution is 5.48. The van der Waals surface area contributed by atoms with Gasteiger partial charge in [0.1, 0.15) is 5.82 Å². The summed E-state index contributed by atoms with van der Waals surface area (Å²) in [7, 11) is 1.49. The van der Waals surface area contributed by atoms with Crippen LogP contribution in [0.5, 0.6) is 0 Å². The van der Waals surface area contributed by atoms with Crippen LogP contribution in [0.3, 0.4) is 0 Å². The monoisotopic (exact) mass is 295 g/mol. The fourth-order valence-electron chi connectivity index (χ4n) is 1.91. The first-order chi connectivity index (χ1) is 9.92. The van der Waals surface area contributed by atoms with E-state index >= 15 is 0 Å². The van der Waals surface area contributed by atoms with Crippen molar-refractivity contribution in [1.82, 2.24) is 4.98 Å². The summed E-state index contributed by atoms with van der Waals surface area (Å²) < 4.78 is 40.6. The first-order valence-corrected chi connectivity index (χ1v) is 6.48. The summed E-state index contributed by atoms with van der Waals surface area (Å²) >= 11 is 0. The van der Waals surface area contributed by atoms with Crippen LogP contribution in [-0.4, -0.2) is 12.0 Å². The number of aromatic nitrogens is 1. The summed E-state index contributed by atoms with van der Waals surface area (Å²) in [6, 6.07) is 5.15. The van der Waals surface area contributed by atoms with Gasteiger partial charge in [-0.15, -0.1) is 0 Å². The van der Waals surface area contributed by atoms with Gasteiger partial charge in [0.15, 0.2) is 23.3 Å². The van der Waals surface area contributed by atoms with E-state index in [0.717, 1.165) is 6.07 Å². The SMILES string of the molecule is CNc1nc(NC(C)c2ccc(C)c(F)c2)c(F)cc1F. The lowest BCUT2D eigenvalue weighted by Gasteiger charge is -2.17. The highest BCUT2D eigenvalue weighted by Gasteiger charge is 2.14. The first-order valence-electron chi connectivity index (χ1n) is 6.48. The molecule has 0 aliphatic heterocycles. The normalized spacial score (nSPS) is 12.1. The van der Waals surface area contributed by atoms with E-state index in [4.69, 9.17) is 0 Å². The lowest BCUT2D eigenvalue weighted by molar-refractivity contribution is 0.577. The zero-order valence-electron chi connectivity index (χ0n) is 12.0. The quantitative estimate of drug-likeness (QED) is 0.894. The molecular formula is C15H16F3N3. The molecule has 0 saturated heterocycles. The van der Waals surface area contributed by atoms with Crippen molar-refractivity contribution in [3.8, 4) is 0 Å². The standard InChI is InChI=1S/C15H16F3N3/c1-8-4-5-10(6-11(8)16)9(2)20-15-13(18)7-12(17)14(19-3)21-15/h4-7,9H,1-3H3,(H2,19,20,21). The van der Waals surface area contributed by atoms with E-state index in [-0.39, 0.29) is 23.5 Å². The van der Waals surface area contributed by atoms with E-state index in [1.165, 1.54) is 13.1 Å². The summed E-state index contributed by atoms with van der Waals surface area (Å²) in [6.45, 7) is 3.41. The van der Waals surface area contributed by atoms with Gasteiger partial charge in [-0.25, -0.2) is 18.2 Å². The van der Waals surface area contributed by atoms with Crippen LogP contribution >= 0.6 is 0 Å². The van der Waals surface area contributed by atoms with Crippen LogP contribution in [-0.2, 0) is 0 Å². The number of nitrogens with zero attached hydrogens (tertiary/aromatic N) is 1. The van der Waals surface area contributed by atoms with E-state index in [0.29, 0.717) is 11.1 Å². The second kappa shape index (κ2) is 6.03. The first kappa shape index (κ1) is 15.2. The third kappa shape index (κ3) is 3.26. The lowest BCUT2D eigenvalue weighted by Crippen LogP contribution is -2.11. The molecular weight excluding hydrogens is 279 g/mol. The predicted molar refractivity (Wildman–Crippen MR) is 76.9 cm³/mol. The molecule has 21 heavy (non-hydrogen) atoms. The second-order valence-corrected chi connectivity index (χ2v) is 4.77. The Bertz CT molecular complexity index is 659. The van der Waals surface area contributed by atoms with E-state index in [2.05, 4.69) is 15.6 Å². The minimum absolute atomic E-state index is 0.0545. The molecule has 0 spiro atoms. The molecule has 2 rings (SSSR count). The van der Waals surface area contributed by atoms with Crippen LogP contribution in [0.2, 0.25) is 0 Å². The molecule has 2 aromatic rings. The van der Waals surface area contributed by atoms with Gasteiger partial charge in [-0.2, -0.15) is 0 Å². The summed E-state index contributed by atoms with van der Waals surface area (Å²) in [5.41, 5.74) is 1.18. The van der Waals surface area contributed by atoms with Gasteiger partial charge >= 0.3 is 0 Å². The van der Waals surface area contributed by atoms with Crippen LogP contribution in [0.4, 0.5) is 24.8 Å². The van der Waals surface area contributed by atoms with Gasteiger partial charge in [0.25, 0.3) is 0 Å². The van der Waals surface area contributed by atoms with E-state index in [9.17, 15) is 13.2 Å². The maximum atomic E-state index is 13.7. The Kier molecular flexibility index (Phi) is 4.35. The smallest absolute Gasteiger partial charge is 0.168 e. The molecule has 2 N–H and O–H groups in total. The number of pyridine rings is 1. The van der Waals surface area contributed by atoms with Crippen LogP contribution in [0.1, 0.15) is 24.1 Å². The van der Waals surface area contributed by atoms with Crippen molar-refractivity contribution in [2.75, 3.05) is 17.7 Å². The van der Waals surface area contributed by atoms with E-state index in [1.807, 2.05) is 0 Å². The van der Waals surface area contributed by atoms with Crippen LogP contribution < -0.4 is 10.6 Å². The number of anilines is 2. The van der Waals surface area contributed by atoms with Gasteiger partial charge in [0.2, 0.25) is 0 Å². The van der Waals surface area contributed by atoms with Gasteiger partial charge in [-0.1, -0.05) is 12.1 Å². The predicted octanol–water partition coefficient (Wildman–Crippen LogP) is 4.02. The molecule has 0 aliphatic rings. The van der Waals surface area contributed by atoms with Crippen LogP contribution in [0, 0.1) is 24.4 Å². The molecule has 3 nitrogen and oxygen atoms in total. The Morgan fingerprint density at radius 1 is 1.00 bits per heavy atom. The van der Waals surface area contributed by atoms with Crippen molar-refractivity contribution in [2.24, 2.45) is 0 Å². The van der Waals surface area contributed by atoms with Crippen LogP contribution in [0.25, 0.3) is 0 Å². The fraction of sp³-hybridized carbons (Fsp3) is 0.267. The number of halogens is 3. The van der Waals surface area contributed by atoms with Gasteiger partial charge in [0.05, 0.1) is 6.04 Å².